The van der Waals surface area contributed by atoms with Crippen molar-refractivity contribution >= 4 is 46.4 Å². The van der Waals surface area contributed by atoms with Gasteiger partial charge in [0.25, 0.3) is 5.91 Å². The molecule has 0 fully saturated rings. The Balaban J connectivity index is 1.68. The van der Waals surface area contributed by atoms with Crippen LogP contribution in [0.1, 0.15) is 13.3 Å². The number of rotatable bonds is 4. The van der Waals surface area contributed by atoms with Gasteiger partial charge in [0, 0.05) is 18.0 Å². The van der Waals surface area contributed by atoms with Gasteiger partial charge >= 0.3 is 0 Å². The highest BCUT2D eigenvalue weighted by atomic mass is 35.5. The van der Waals surface area contributed by atoms with Crippen molar-refractivity contribution in [3.05, 3.63) is 52.5 Å². The fraction of sp³-hybridized carbons (Fsp3) is 0.222. The molecule has 0 saturated carbocycles. The first-order valence-corrected chi connectivity index (χ1v) is 8.53. The van der Waals surface area contributed by atoms with Gasteiger partial charge in [-0.05, 0) is 37.3 Å². The lowest BCUT2D eigenvalue weighted by Crippen LogP contribution is -2.45. The van der Waals surface area contributed by atoms with E-state index in [-0.39, 0.29) is 24.8 Å². The van der Waals surface area contributed by atoms with E-state index in [4.69, 9.17) is 27.9 Å². The maximum Gasteiger partial charge on any atom is 0.267 e. The number of hydrogen-bond acceptors (Lipinski definition) is 3. The summed E-state index contributed by atoms with van der Waals surface area (Å²) in [5.74, 6) is 0.223. The van der Waals surface area contributed by atoms with Gasteiger partial charge < -0.3 is 15.0 Å². The highest BCUT2D eigenvalue weighted by Gasteiger charge is 2.31. The summed E-state index contributed by atoms with van der Waals surface area (Å²) in [5, 5.41) is 3.58. The van der Waals surface area contributed by atoms with Crippen LogP contribution in [0.3, 0.4) is 0 Å². The number of benzene rings is 2. The zero-order chi connectivity index (χ0) is 18.0. The summed E-state index contributed by atoms with van der Waals surface area (Å²) in [6.07, 6.45) is -0.449. The number of nitrogens with one attached hydrogen (secondary N) is 1. The van der Waals surface area contributed by atoms with Crippen molar-refractivity contribution < 1.29 is 14.3 Å². The van der Waals surface area contributed by atoms with Crippen LogP contribution in [-0.4, -0.2) is 24.5 Å². The zero-order valence-corrected chi connectivity index (χ0v) is 15.0. The minimum absolute atomic E-state index is 0.131. The van der Waals surface area contributed by atoms with Crippen LogP contribution >= 0.6 is 23.2 Å². The second-order valence-corrected chi connectivity index (χ2v) is 6.48. The third-order valence-corrected chi connectivity index (χ3v) is 4.39. The second-order valence-electron chi connectivity index (χ2n) is 5.64. The fourth-order valence-corrected chi connectivity index (χ4v) is 3.06. The highest BCUT2D eigenvalue weighted by Crippen LogP contribution is 2.33. The van der Waals surface area contributed by atoms with E-state index in [9.17, 15) is 9.59 Å². The first-order valence-electron chi connectivity index (χ1n) is 7.77. The summed E-state index contributed by atoms with van der Waals surface area (Å²) >= 11 is 11.9. The molecule has 0 spiro atoms. The van der Waals surface area contributed by atoms with Crippen molar-refractivity contribution in [2.75, 3.05) is 16.8 Å². The van der Waals surface area contributed by atoms with E-state index < -0.39 is 6.10 Å². The number of carbonyl (C=O) groups is 2. The van der Waals surface area contributed by atoms with E-state index in [2.05, 4.69) is 5.32 Å². The topological polar surface area (TPSA) is 58.6 Å². The third kappa shape index (κ3) is 3.89. The number of para-hydroxylation sites is 2. The summed E-state index contributed by atoms with van der Waals surface area (Å²) < 4.78 is 5.58. The molecule has 1 aliphatic heterocycles. The summed E-state index contributed by atoms with van der Waals surface area (Å²) in [6, 6.07) is 12.1. The van der Waals surface area contributed by atoms with Crippen LogP contribution < -0.4 is 15.0 Å². The first-order chi connectivity index (χ1) is 12.0. The fourth-order valence-electron chi connectivity index (χ4n) is 2.61. The molecular formula is C18H16Cl2N2O3. The van der Waals surface area contributed by atoms with Gasteiger partial charge in [-0.15, -0.1) is 0 Å². The predicted octanol–water partition coefficient (Wildman–Crippen LogP) is 4.14. The molecule has 0 aromatic heterocycles. The van der Waals surface area contributed by atoms with Crippen molar-refractivity contribution in [1.82, 2.24) is 0 Å². The molecule has 1 heterocycles. The van der Waals surface area contributed by atoms with E-state index in [1.165, 1.54) is 0 Å². The molecule has 0 radical (unpaired) electrons. The van der Waals surface area contributed by atoms with Crippen molar-refractivity contribution in [3.8, 4) is 5.75 Å². The molecule has 1 N–H and O–H groups in total. The van der Waals surface area contributed by atoms with E-state index in [1.807, 2.05) is 12.1 Å². The van der Waals surface area contributed by atoms with Gasteiger partial charge in [-0.2, -0.15) is 0 Å². The van der Waals surface area contributed by atoms with Crippen molar-refractivity contribution in [3.63, 3.8) is 0 Å². The molecule has 0 bridgehead atoms. The van der Waals surface area contributed by atoms with Gasteiger partial charge in [0.05, 0.1) is 16.4 Å². The zero-order valence-electron chi connectivity index (χ0n) is 13.5. The first kappa shape index (κ1) is 17.6. The van der Waals surface area contributed by atoms with Gasteiger partial charge in [-0.25, -0.2) is 0 Å². The van der Waals surface area contributed by atoms with Crippen molar-refractivity contribution in [2.24, 2.45) is 0 Å². The molecule has 5 nitrogen and oxygen atoms in total. The summed E-state index contributed by atoms with van der Waals surface area (Å²) in [7, 11) is 0. The molecule has 25 heavy (non-hydrogen) atoms. The average molecular weight is 379 g/mol. The van der Waals surface area contributed by atoms with Crippen LogP contribution in [0.4, 0.5) is 11.4 Å². The largest absolute Gasteiger partial charge is 0.479 e. The summed E-state index contributed by atoms with van der Waals surface area (Å²) in [6.45, 7) is 1.94. The minimum atomic E-state index is -0.580. The van der Waals surface area contributed by atoms with Crippen LogP contribution in [0.25, 0.3) is 0 Å². The molecule has 2 aromatic rings. The lowest BCUT2D eigenvalue weighted by molar-refractivity contribution is -0.125. The lowest BCUT2D eigenvalue weighted by atomic mass is 10.1. The number of nitrogens with zero attached hydrogens (tertiary/aromatic N) is 1. The Hall–Kier alpha value is -2.24. The van der Waals surface area contributed by atoms with E-state index >= 15 is 0 Å². The molecule has 2 amide bonds. The maximum atomic E-state index is 12.4. The number of hydrogen-bond donors (Lipinski definition) is 1. The van der Waals surface area contributed by atoms with E-state index in [0.29, 0.717) is 27.2 Å². The smallest absolute Gasteiger partial charge is 0.267 e. The number of amides is 2. The number of fused-ring (bicyclic) bond motifs is 1. The molecule has 1 aliphatic rings. The normalized spacial score (nSPS) is 16.2. The molecular weight excluding hydrogens is 363 g/mol. The number of ether oxygens (including phenoxy) is 1. The Morgan fingerprint density at radius 3 is 2.76 bits per heavy atom. The average Bonchev–Trinajstić information content (AvgIpc) is 2.58. The van der Waals surface area contributed by atoms with Crippen LogP contribution in [-0.2, 0) is 9.59 Å². The van der Waals surface area contributed by atoms with E-state index in [1.54, 1.807) is 42.2 Å². The highest BCUT2D eigenvalue weighted by molar-refractivity contribution is 6.36. The molecule has 2 aromatic carbocycles. The molecule has 0 aliphatic carbocycles. The van der Waals surface area contributed by atoms with Crippen molar-refractivity contribution in [1.29, 1.82) is 0 Å². The quantitative estimate of drug-likeness (QED) is 0.869. The van der Waals surface area contributed by atoms with Crippen LogP contribution in [0.5, 0.6) is 5.75 Å². The van der Waals surface area contributed by atoms with Gasteiger partial charge in [0.2, 0.25) is 5.91 Å². The van der Waals surface area contributed by atoms with Gasteiger partial charge in [0.15, 0.2) is 6.10 Å². The maximum absolute atomic E-state index is 12.4. The van der Waals surface area contributed by atoms with Gasteiger partial charge in [0.1, 0.15) is 5.75 Å². The van der Waals surface area contributed by atoms with Crippen LogP contribution in [0, 0.1) is 0 Å². The molecule has 7 heteroatoms. The lowest BCUT2D eigenvalue weighted by Gasteiger charge is -2.32. The third-order valence-electron chi connectivity index (χ3n) is 3.84. The second kappa shape index (κ2) is 7.33. The van der Waals surface area contributed by atoms with Crippen molar-refractivity contribution in [2.45, 2.75) is 19.4 Å². The van der Waals surface area contributed by atoms with Gasteiger partial charge in [-0.1, -0.05) is 35.3 Å². The molecule has 130 valence electrons. The minimum Gasteiger partial charge on any atom is -0.479 e. The molecule has 1 unspecified atom stereocenters. The Bertz CT molecular complexity index is 826. The standard InChI is InChI=1S/C18H16Cl2N2O3/c1-11-18(24)22(15-4-2-3-5-16(15)25-11)9-8-17(23)21-14-7-6-12(19)10-13(14)20/h2-7,10-11H,8-9H2,1H3,(H,21,23). The van der Waals surface area contributed by atoms with E-state index in [0.717, 1.165) is 0 Å². The van der Waals surface area contributed by atoms with Crippen LogP contribution in [0.2, 0.25) is 10.0 Å². The molecule has 0 saturated heterocycles. The predicted molar refractivity (Wildman–Crippen MR) is 98.6 cm³/mol. The summed E-state index contributed by atoms with van der Waals surface area (Å²) in [4.78, 5) is 26.2. The van der Waals surface area contributed by atoms with Crippen LogP contribution in [0.15, 0.2) is 42.5 Å². The Morgan fingerprint density at radius 2 is 2.00 bits per heavy atom. The molecule has 1 atom stereocenters. The number of halogens is 2. The summed E-state index contributed by atoms with van der Waals surface area (Å²) in [5.41, 5.74) is 1.15. The number of anilines is 2. The Kier molecular flexibility index (Phi) is 5.16. The Labute approximate surface area is 155 Å². The van der Waals surface area contributed by atoms with Gasteiger partial charge in [-0.3, -0.25) is 9.59 Å². The molecule has 3 rings (SSSR count). The number of carbonyl (C=O) groups excluding carboxylic acids is 2. The SMILES string of the molecule is CC1Oc2ccccc2N(CCC(=O)Nc2ccc(Cl)cc2Cl)C1=O. The monoisotopic (exact) mass is 378 g/mol. The Morgan fingerprint density at radius 1 is 1.24 bits per heavy atom.